The van der Waals surface area contributed by atoms with Gasteiger partial charge in [0.2, 0.25) is 5.82 Å². The van der Waals surface area contributed by atoms with Crippen molar-refractivity contribution in [1.82, 2.24) is 9.66 Å². The van der Waals surface area contributed by atoms with Crippen molar-refractivity contribution in [2.24, 2.45) is 5.10 Å². The smallest absolute Gasteiger partial charge is 0.282 e. The molecule has 0 atom stereocenters. The van der Waals surface area contributed by atoms with Crippen LogP contribution >= 0.6 is 39.1 Å². The predicted octanol–water partition coefficient (Wildman–Crippen LogP) is 8.48. The number of aromatic nitrogens is 2. The average Bonchev–Trinajstić information content (AvgIpc) is 3.36. The Morgan fingerprint density at radius 1 is 1.02 bits per heavy atom. The summed E-state index contributed by atoms with van der Waals surface area (Å²) in [6, 6.07) is 23.7. The summed E-state index contributed by atoms with van der Waals surface area (Å²) in [5.41, 5.74) is 1.72. The van der Waals surface area contributed by atoms with Gasteiger partial charge >= 0.3 is 0 Å². The molecule has 6 aromatic rings. The van der Waals surface area contributed by atoms with Crippen molar-refractivity contribution in [2.45, 2.75) is 6.61 Å². The van der Waals surface area contributed by atoms with Gasteiger partial charge in [-0.25, -0.2) is 9.37 Å². The van der Waals surface area contributed by atoms with Gasteiger partial charge < -0.3 is 9.15 Å². The van der Waals surface area contributed by atoms with Gasteiger partial charge in [-0.3, -0.25) is 4.79 Å². The zero-order chi connectivity index (χ0) is 27.8. The number of fused-ring (bicyclic) bond motifs is 2. The summed E-state index contributed by atoms with van der Waals surface area (Å²) >= 11 is 16.1. The van der Waals surface area contributed by atoms with E-state index in [1.54, 1.807) is 78.9 Å². The second-order valence-corrected chi connectivity index (χ2v) is 10.5. The summed E-state index contributed by atoms with van der Waals surface area (Å²) in [6.07, 6.45) is 1.48. The maximum atomic E-state index is 14.0. The third kappa shape index (κ3) is 5.13. The lowest BCUT2D eigenvalue weighted by Gasteiger charge is -2.12. The molecule has 0 aliphatic heterocycles. The number of benzene rings is 4. The van der Waals surface area contributed by atoms with Crippen LogP contribution < -0.4 is 10.3 Å². The molecule has 0 radical (unpaired) electrons. The molecule has 0 saturated carbocycles. The van der Waals surface area contributed by atoms with Gasteiger partial charge in [0.25, 0.3) is 5.56 Å². The second-order valence-electron chi connectivity index (χ2n) is 8.80. The third-order valence-electron chi connectivity index (χ3n) is 6.13. The van der Waals surface area contributed by atoms with Crippen LogP contribution in [0.15, 0.2) is 104 Å². The molecule has 0 amide bonds. The van der Waals surface area contributed by atoms with Gasteiger partial charge in [0.1, 0.15) is 18.0 Å². The highest BCUT2D eigenvalue weighted by Gasteiger charge is 2.17. The Hall–Kier alpha value is -3.98. The van der Waals surface area contributed by atoms with Crippen LogP contribution in [0.4, 0.5) is 4.39 Å². The first-order valence-electron chi connectivity index (χ1n) is 12.0. The minimum absolute atomic E-state index is 0.00263. The van der Waals surface area contributed by atoms with Crippen molar-refractivity contribution < 1.29 is 13.5 Å². The van der Waals surface area contributed by atoms with Gasteiger partial charge in [-0.1, -0.05) is 53.5 Å². The average molecular weight is 637 g/mol. The molecule has 0 N–H and O–H groups in total. The first-order chi connectivity index (χ1) is 19.4. The van der Waals surface area contributed by atoms with E-state index in [0.29, 0.717) is 48.6 Å². The summed E-state index contributed by atoms with van der Waals surface area (Å²) in [7, 11) is 0. The maximum absolute atomic E-state index is 14.0. The predicted molar refractivity (Wildman–Crippen MR) is 159 cm³/mol. The highest BCUT2D eigenvalue weighted by molar-refractivity contribution is 9.10. The molecule has 0 saturated heterocycles. The van der Waals surface area contributed by atoms with E-state index in [-0.39, 0.29) is 28.8 Å². The van der Waals surface area contributed by atoms with Crippen LogP contribution in [-0.4, -0.2) is 15.9 Å². The van der Waals surface area contributed by atoms with Gasteiger partial charge in [0.05, 0.1) is 26.6 Å². The van der Waals surface area contributed by atoms with Crippen LogP contribution in [0.3, 0.4) is 0 Å². The van der Waals surface area contributed by atoms with Crippen molar-refractivity contribution in [1.29, 1.82) is 0 Å². The Morgan fingerprint density at radius 2 is 1.82 bits per heavy atom. The van der Waals surface area contributed by atoms with E-state index in [1.807, 2.05) is 0 Å². The van der Waals surface area contributed by atoms with E-state index in [9.17, 15) is 9.18 Å². The molecule has 4 aromatic carbocycles. The number of hydrogen-bond acceptors (Lipinski definition) is 5. The minimum Gasteiger partial charge on any atom is -0.486 e. The van der Waals surface area contributed by atoms with Gasteiger partial charge in [-0.15, -0.1) is 0 Å². The maximum Gasteiger partial charge on any atom is 0.282 e. The van der Waals surface area contributed by atoms with Crippen LogP contribution in [0.25, 0.3) is 33.5 Å². The first kappa shape index (κ1) is 26.3. The van der Waals surface area contributed by atoms with Crippen molar-refractivity contribution in [3.05, 3.63) is 127 Å². The molecule has 6 nitrogen and oxygen atoms in total. The summed E-state index contributed by atoms with van der Waals surface area (Å²) in [5.74, 6) is 0.570. The fourth-order valence-electron chi connectivity index (χ4n) is 4.20. The van der Waals surface area contributed by atoms with E-state index in [4.69, 9.17) is 32.4 Å². The quantitative estimate of drug-likeness (QED) is 0.172. The van der Waals surface area contributed by atoms with Crippen LogP contribution in [0, 0.1) is 5.82 Å². The lowest BCUT2D eigenvalue weighted by molar-refractivity contribution is 0.298. The second kappa shape index (κ2) is 10.9. The SMILES string of the molecule is O=c1c2ccccc2nc(-c2cc3cc(Cl)ccc3o2)n1N=Cc1cc(Cl)c(OCc2ccccc2F)c(Br)c1. The Balaban J connectivity index is 1.39. The van der Waals surface area contributed by atoms with Crippen molar-refractivity contribution in [3.63, 3.8) is 0 Å². The van der Waals surface area contributed by atoms with Gasteiger partial charge in [-0.05, 0) is 76.1 Å². The summed E-state index contributed by atoms with van der Waals surface area (Å²) in [6.45, 7) is 0.00263. The molecule has 198 valence electrons. The first-order valence-corrected chi connectivity index (χ1v) is 13.5. The number of rotatable bonds is 6. The molecular formula is C30H17BrCl2FN3O3. The summed E-state index contributed by atoms with van der Waals surface area (Å²) in [5, 5.41) is 6.48. The van der Waals surface area contributed by atoms with E-state index in [2.05, 4.69) is 26.0 Å². The Kier molecular flexibility index (Phi) is 7.14. The number of halogens is 4. The minimum atomic E-state index is -0.370. The fourth-order valence-corrected chi connectivity index (χ4v) is 5.37. The molecule has 10 heteroatoms. The van der Waals surface area contributed by atoms with Gasteiger partial charge in [0.15, 0.2) is 11.5 Å². The number of ether oxygens (including phenoxy) is 1. The van der Waals surface area contributed by atoms with E-state index in [0.717, 1.165) is 5.39 Å². The van der Waals surface area contributed by atoms with Crippen LogP contribution in [0.1, 0.15) is 11.1 Å². The third-order valence-corrected chi connectivity index (χ3v) is 7.23. The monoisotopic (exact) mass is 635 g/mol. The topological polar surface area (TPSA) is 69.6 Å². The highest BCUT2D eigenvalue weighted by Crippen LogP contribution is 2.35. The Morgan fingerprint density at radius 3 is 2.65 bits per heavy atom. The standard InChI is InChI=1S/C30H17BrCl2FN3O3/c31-22-11-17(12-23(33)28(22)39-16-18-5-1-3-7-24(18)34)15-35-37-29(36-25-8-4-2-6-21(25)30(37)38)27-14-19-13-20(32)9-10-26(19)40-27/h1-15H,16H2. The van der Waals surface area contributed by atoms with Crippen LogP contribution in [0.2, 0.25) is 10.0 Å². The van der Waals surface area contributed by atoms with Crippen LogP contribution in [-0.2, 0) is 6.61 Å². The van der Waals surface area contributed by atoms with Gasteiger partial charge in [-0.2, -0.15) is 9.78 Å². The highest BCUT2D eigenvalue weighted by atomic mass is 79.9. The lowest BCUT2D eigenvalue weighted by Crippen LogP contribution is -2.20. The summed E-state index contributed by atoms with van der Waals surface area (Å²) < 4.78 is 27.5. The van der Waals surface area contributed by atoms with Crippen molar-refractivity contribution in [2.75, 3.05) is 0 Å². The zero-order valence-corrected chi connectivity index (χ0v) is 23.5. The van der Waals surface area contributed by atoms with E-state index in [1.165, 1.54) is 17.0 Å². The summed E-state index contributed by atoms with van der Waals surface area (Å²) in [4.78, 5) is 18.2. The molecule has 0 spiro atoms. The molecule has 0 bridgehead atoms. The molecule has 0 aliphatic carbocycles. The number of hydrogen-bond donors (Lipinski definition) is 0. The molecule has 6 rings (SSSR count). The molecular weight excluding hydrogens is 620 g/mol. The van der Waals surface area contributed by atoms with Gasteiger partial charge in [0, 0.05) is 16.0 Å². The molecule has 40 heavy (non-hydrogen) atoms. The molecule has 0 aliphatic rings. The van der Waals surface area contributed by atoms with Crippen molar-refractivity contribution >= 4 is 67.2 Å². The Bertz CT molecular complexity index is 1980. The molecule has 2 heterocycles. The zero-order valence-electron chi connectivity index (χ0n) is 20.4. The molecule has 0 unspecified atom stereocenters. The Labute approximate surface area is 245 Å². The van der Waals surface area contributed by atoms with Crippen molar-refractivity contribution in [3.8, 4) is 17.3 Å². The largest absolute Gasteiger partial charge is 0.486 e. The number of para-hydroxylation sites is 1. The normalized spacial score (nSPS) is 11.6. The fraction of sp³-hybridized carbons (Fsp3) is 0.0333. The van der Waals surface area contributed by atoms with E-state index >= 15 is 0 Å². The molecule has 0 fully saturated rings. The number of nitrogens with zero attached hydrogens (tertiary/aromatic N) is 3. The number of furan rings is 1. The van der Waals surface area contributed by atoms with Crippen LogP contribution in [0.5, 0.6) is 5.75 Å². The lowest BCUT2D eigenvalue weighted by atomic mass is 10.2. The molecule has 2 aromatic heterocycles. The van der Waals surface area contributed by atoms with E-state index < -0.39 is 0 Å².